The van der Waals surface area contributed by atoms with Gasteiger partial charge in [0.1, 0.15) is 11.8 Å². The lowest BCUT2D eigenvalue weighted by atomic mass is 9.85. The van der Waals surface area contributed by atoms with E-state index in [0.717, 1.165) is 24.6 Å². The average Bonchev–Trinajstić information content (AvgIpc) is 3.20. The number of hydrogen-bond acceptors (Lipinski definition) is 5. The number of alkyl halides is 2. The fraction of sp³-hybridized carbons (Fsp3) is 0.296. The molecule has 3 heterocycles. The quantitative estimate of drug-likeness (QED) is 0.372. The van der Waals surface area contributed by atoms with Gasteiger partial charge >= 0.3 is 5.69 Å². The van der Waals surface area contributed by atoms with Gasteiger partial charge in [0.2, 0.25) is 0 Å². The second-order valence-electron chi connectivity index (χ2n) is 9.28. The topological polar surface area (TPSA) is 106 Å². The highest BCUT2D eigenvalue weighted by atomic mass is 35.5. The molecule has 1 fully saturated rings. The van der Waals surface area contributed by atoms with E-state index in [1.165, 1.54) is 16.8 Å². The first-order chi connectivity index (χ1) is 18.4. The fourth-order valence-electron chi connectivity index (χ4n) is 5.10. The van der Waals surface area contributed by atoms with E-state index in [0.29, 0.717) is 30.6 Å². The summed E-state index contributed by atoms with van der Waals surface area (Å²) in [4.78, 5) is 34.0. The summed E-state index contributed by atoms with van der Waals surface area (Å²) in [6.07, 6.45) is 2.48. The molecule has 1 aliphatic rings. The van der Waals surface area contributed by atoms with Crippen LogP contribution in [-0.4, -0.2) is 31.1 Å². The van der Waals surface area contributed by atoms with Crippen LogP contribution in [0.15, 0.2) is 59.7 Å². The molecular formula is C27H23ClF2N6O2. The van der Waals surface area contributed by atoms with E-state index >= 15 is 0 Å². The molecule has 0 radical (unpaired) electrons. The SMILES string of the molecule is N#Cc1ncccc1-n1c(=O)n(CC2CCC(NC(=O)c3cc(Cl)cnc3C(F)F)CC2)c2ccccc21. The van der Waals surface area contributed by atoms with Crippen LogP contribution in [0, 0.1) is 17.2 Å². The lowest BCUT2D eigenvalue weighted by molar-refractivity contribution is 0.0904. The van der Waals surface area contributed by atoms with Gasteiger partial charge in [0.25, 0.3) is 12.3 Å². The van der Waals surface area contributed by atoms with Crippen LogP contribution in [0.2, 0.25) is 5.02 Å². The summed E-state index contributed by atoms with van der Waals surface area (Å²) >= 11 is 5.88. The van der Waals surface area contributed by atoms with Crippen LogP contribution in [-0.2, 0) is 6.54 Å². The van der Waals surface area contributed by atoms with Crippen molar-refractivity contribution in [1.82, 2.24) is 24.4 Å². The molecule has 0 saturated heterocycles. The summed E-state index contributed by atoms with van der Waals surface area (Å²) in [6.45, 7) is 0.475. The molecule has 0 spiro atoms. The summed E-state index contributed by atoms with van der Waals surface area (Å²) in [7, 11) is 0. The largest absolute Gasteiger partial charge is 0.349 e. The van der Waals surface area contributed by atoms with E-state index in [4.69, 9.17) is 11.6 Å². The molecule has 0 aliphatic heterocycles. The van der Waals surface area contributed by atoms with Crippen molar-refractivity contribution in [3.05, 3.63) is 87.3 Å². The summed E-state index contributed by atoms with van der Waals surface area (Å²) in [5.41, 5.74) is 0.977. The molecule has 1 aromatic carbocycles. The van der Waals surface area contributed by atoms with Gasteiger partial charge in [-0.2, -0.15) is 5.26 Å². The number of carbonyl (C=O) groups excluding carboxylic acids is 1. The zero-order valence-corrected chi connectivity index (χ0v) is 20.9. The minimum Gasteiger partial charge on any atom is -0.349 e. The number of para-hydroxylation sites is 2. The van der Waals surface area contributed by atoms with Crippen molar-refractivity contribution in [3.8, 4) is 11.8 Å². The molecule has 5 rings (SSSR count). The second-order valence-corrected chi connectivity index (χ2v) is 9.71. The molecule has 1 N–H and O–H groups in total. The van der Waals surface area contributed by atoms with E-state index in [1.54, 1.807) is 16.7 Å². The van der Waals surface area contributed by atoms with E-state index < -0.39 is 18.0 Å². The van der Waals surface area contributed by atoms with Gasteiger partial charge in [-0.3, -0.25) is 18.9 Å². The number of fused-ring (bicyclic) bond motifs is 1. The number of hydrogen-bond donors (Lipinski definition) is 1. The Morgan fingerprint density at radius 1 is 1.13 bits per heavy atom. The van der Waals surface area contributed by atoms with Gasteiger partial charge in [-0.15, -0.1) is 0 Å². The number of amides is 1. The third-order valence-electron chi connectivity index (χ3n) is 6.93. The van der Waals surface area contributed by atoms with Gasteiger partial charge in [0.15, 0.2) is 5.69 Å². The molecule has 0 atom stereocenters. The first-order valence-corrected chi connectivity index (χ1v) is 12.6. The van der Waals surface area contributed by atoms with Gasteiger partial charge in [0, 0.05) is 25.0 Å². The predicted molar refractivity (Wildman–Crippen MR) is 137 cm³/mol. The number of nitrogens with zero attached hydrogens (tertiary/aromatic N) is 5. The maximum Gasteiger partial charge on any atom is 0.333 e. The summed E-state index contributed by atoms with van der Waals surface area (Å²) in [6, 6.07) is 13.9. The molecule has 1 saturated carbocycles. The smallest absolute Gasteiger partial charge is 0.333 e. The van der Waals surface area contributed by atoms with Crippen molar-refractivity contribution in [2.24, 2.45) is 5.92 Å². The van der Waals surface area contributed by atoms with Crippen LogP contribution in [0.25, 0.3) is 16.7 Å². The third kappa shape index (κ3) is 4.89. The molecule has 3 aromatic heterocycles. The Hall–Kier alpha value is -4.10. The summed E-state index contributed by atoms with van der Waals surface area (Å²) < 4.78 is 29.9. The van der Waals surface area contributed by atoms with Crippen molar-refractivity contribution in [2.45, 2.75) is 44.7 Å². The van der Waals surface area contributed by atoms with Crippen LogP contribution < -0.4 is 11.0 Å². The fourth-order valence-corrected chi connectivity index (χ4v) is 5.26. The van der Waals surface area contributed by atoms with Gasteiger partial charge in [-0.25, -0.2) is 18.6 Å². The minimum atomic E-state index is -2.89. The molecule has 194 valence electrons. The molecule has 0 unspecified atom stereocenters. The first kappa shape index (κ1) is 25.5. The number of carbonyl (C=O) groups is 1. The van der Waals surface area contributed by atoms with E-state index in [2.05, 4.69) is 21.4 Å². The van der Waals surface area contributed by atoms with Crippen LogP contribution >= 0.6 is 11.6 Å². The second kappa shape index (κ2) is 10.7. The number of aromatic nitrogens is 4. The van der Waals surface area contributed by atoms with Crippen molar-refractivity contribution in [3.63, 3.8) is 0 Å². The Balaban J connectivity index is 1.32. The monoisotopic (exact) mass is 536 g/mol. The highest BCUT2D eigenvalue weighted by molar-refractivity contribution is 6.30. The first-order valence-electron chi connectivity index (χ1n) is 12.2. The highest BCUT2D eigenvalue weighted by Gasteiger charge is 2.27. The summed E-state index contributed by atoms with van der Waals surface area (Å²) in [5.74, 6) is -0.447. The standard InChI is InChI=1S/C27H23ClF2N6O2/c28-17-12-19(24(25(29)30)33-14-17)26(37)34-18-9-7-16(8-10-18)15-35-22-4-1-2-5-23(22)36(27(35)38)21-6-3-11-32-20(21)13-31/h1-6,11-12,14,16,18,25H,7-10,15H2,(H,34,37). The Morgan fingerprint density at radius 3 is 2.58 bits per heavy atom. The predicted octanol–water partition coefficient (Wildman–Crippen LogP) is 5.03. The number of rotatable bonds is 6. The maximum atomic E-state index is 13.6. The maximum absolute atomic E-state index is 13.6. The summed E-state index contributed by atoms with van der Waals surface area (Å²) in [5, 5.41) is 12.5. The lowest BCUT2D eigenvalue weighted by Gasteiger charge is -2.29. The molecule has 38 heavy (non-hydrogen) atoms. The number of nitrogens with one attached hydrogen (secondary N) is 1. The number of benzene rings is 1. The Morgan fingerprint density at radius 2 is 1.87 bits per heavy atom. The van der Waals surface area contributed by atoms with E-state index in [-0.39, 0.29) is 33.9 Å². The molecular weight excluding hydrogens is 514 g/mol. The van der Waals surface area contributed by atoms with Crippen molar-refractivity contribution in [2.75, 3.05) is 0 Å². The Bertz CT molecular complexity index is 1600. The van der Waals surface area contributed by atoms with Gasteiger partial charge < -0.3 is 5.32 Å². The Kier molecular flexibility index (Phi) is 7.20. The van der Waals surface area contributed by atoms with Crippen molar-refractivity contribution < 1.29 is 13.6 Å². The van der Waals surface area contributed by atoms with Crippen molar-refractivity contribution in [1.29, 1.82) is 5.26 Å². The number of nitriles is 1. The van der Waals surface area contributed by atoms with Crippen molar-refractivity contribution >= 4 is 28.5 Å². The van der Waals surface area contributed by atoms with Gasteiger partial charge in [0.05, 0.1) is 27.3 Å². The normalized spacial score (nSPS) is 17.4. The van der Waals surface area contributed by atoms with Crippen LogP contribution in [0.1, 0.15) is 53.9 Å². The zero-order chi connectivity index (χ0) is 26.8. The molecule has 8 nitrogen and oxygen atoms in total. The van der Waals surface area contributed by atoms with Gasteiger partial charge in [-0.05, 0) is 61.9 Å². The van der Waals surface area contributed by atoms with Crippen LogP contribution in [0.3, 0.4) is 0 Å². The van der Waals surface area contributed by atoms with Gasteiger partial charge in [-0.1, -0.05) is 23.7 Å². The zero-order valence-electron chi connectivity index (χ0n) is 20.2. The van der Waals surface area contributed by atoms with Crippen LogP contribution in [0.4, 0.5) is 8.78 Å². The highest BCUT2D eigenvalue weighted by Crippen LogP contribution is 2.29. The molecule has 1 amide bonds. The number of halogens is 3. The minimum absolute atomic E-state index is 0.112. The van der Waals surface area contributed by atoms with E-state index in [9.17, 15) is 23.6 Å². The Labute approximate surface area is 221 Å². The van der Waals surface area contributed by atoms with Crippen LogP contribution in [0.5, 0.6) is 0 Å². The third-order valence-corrected chi connectivity index (χ3v) is 7.13. The lowest BCUT2D eigenvalue weighted by Crippen LogP contribution is -2.39. The molecule has 4 aromatic rings. The molecule has 11 heteroatoms. The number of imidazole rings is 1. The number of pyridine rings is 2. The van der Waals surface area contributed by atoms with E-state index in [1.807, 2.05) is 24.3 Å². The molecule has 0 bridgehead atoms. The average molecular weight is 537 g/mol. The molecule has 1 aliphatic carbocycles.